The number of halogens is 3. The minimum Gasteiger partial charge on any atom is -0.384 e. The predicted molar refractivity (Wildman–Crippen MR) is 133 cm³/mol. The van der Waals surface area contributed by atoms with Gasteiger partial charge in [-0.2, -0.15) is 0 Å². The third kappa shape index (κ3) is 8.72. The van der Waals surface area contributed by atoms with Crippen LogP contribution in [0.1, 0.15) is 27.9 Å². The van der Waals surface area contributed by atoms with Crippen molar-refractivity contribution < 1.29 is 0 Å². The lowest BCUT2D eigenvalue weighted by molar-refractivity contribution is 0.921. The van der Waals surface area contributed by atoms with E-state index in [0.29, 0.717) is 18.9 Å². The molecule has 0 fully saturated rings. The maximum Gasteiger partial charge on any atom is 0.125 e. The van der Waals surface area contributed by atoms with Crippen molar-refractivity contribution in [1.82, 2.24) is 4.98 Å². The third-order valence-corrected chi connectivity index (χ3v) is 4.59. The van der Waals surface area contributed by atoms with E-state index in [4.69, 9.17) is 11.5 Å². The molecule has 3 aromatic rings. The second-order valence-corrected chi connectivity index (χ2v) is 6.56. The van der Waals surface area contributed by atoms with Gasteiger partial charge in [0.05, 0.1) is 0 Å². The number of aryl methyl sites for hydroxylation is 2. The Balaban J connectivity index is 0.00000280. The number of rotatable bonds is 8. The number of pyridine rings is 1. The van der Waals surface area contributed by atoms with Crippen LogP contribution in [0.3, 0.4) is 0 Å². The van der Waals surface area contributed by atoms with Gasteiger partial charge in [-0.1, -0.05) is 54.6 Å². The first kappa shape index (κ1) is 27.9. The first-order chi connectivity index (χ1) is 13.2. The van der Waals surface area contributed by atoms with Crippen LogP contribution < -0.4 is 11.5 Å². The van der Waals surface area contributed by atoms with Crippen LogP contribution in [0.25, 0.3) is 0 Å². The number of aliphatic imine (C=N–C) groups is 1. The monoisotopic (exact) mass is 466 g/mol. The number of nitrogens with zero attached hydrogens (tertiary/aromatic N) is 2. The van der Waals surface area contributed by atoms with Crippen molar-refractivity contribution >= 4 is 43.1 Å². The van der Waals surface area contributed by atoms with Gasteiger partial charge in [-0.3, -0.25) is 9.98 Å². The lowest BCUT2D eigenvalue weighted by atomic mass is 10.0. The van der Waals surface area contributed by atoms with Gasteiger partial charge in [-0.15, -0.1) is 37.2 Å². The summed E-state index contributed by atoms with van der Waals surface area (Å²) in [4.78, 5) is 8.77. The molecule has 0 saturated carbocycles. The summed E-state index contributed by atoms with van der Waals surface area (Å²) >= 11 is 0. The van der Waals surface area contributed by atoms with E-state index in [2.05, 4.69) is 46.4 Å². The van der Waals surface area contributed by atoms with Crippen molar-refractivity contribution in [2.45, 2.75) is 25.8 Å². The Morgan fingerprint density at radius 1 is 0.733 bits per heavy atom. The maximum absolute atomic E-state index is 6.12. The smallest absolute Gasteiger partial charge is 0.125 e. The van der Waals surface area contributed by atoms with Crippen molar-refractivity contribution in [1.29, 1.82) is 0 Å². The highest BCUT2D eigenvalue weighted by Crippen LogP contribution is 2.11. The molecular weight excluding hydrogens is 439 g/mol. The Morgan fingerprint density at radius 3 is 1.83 bits per heavy atom. The van der Waals surface area contributed by atoms with Gasteiger partial charge < -0.3 is 11.5 Å². The standard InChI is InChI=1S/C23H26N4.3ClH/c24-17-20-8-6-18(7-9-20)4-5-19-10-12-21(13-11-19)23(25)27-16-14-22-3-1-2-15-26-22;;;/h1-3,6-13,15H,4-5,14,16-17,24H2,(H2,25,27);3*1H. The summed E-state index contributed by atoms with van der Waals surface area (Å²) < 4.78 is 0. The molecule has 0 radical (unpaired) electrons. The molecule has 4 N–H and O–H groups in total. The lowest BCUT2D eigenvalue weighted by Crippen LogP contribution is -2.14. The molecule has 0 saturated heterocycles. The summed E-state index contributed by atoms with van der Waals surface area (Å²) in [5, 5.41) is 0. The molecule has 1 aromatic heterocycles. The molecule has 30 heavy (non-hydrogen) atoms. The number of hydrogen-bond acceptors (Lipinski definition) is 3. The molecule has 0 aliphatic rings. The highest BCUT2D eigenvalue weighted by Gasteiger charge is 2.01. The number of aromatic nitrogens is 1. The van der Waals surface area contributed by atoms with Crippen molar-refractivity contribution in [3.05, 3.63) is 101 Å². The van der Waals surface area contributed by atoms with Crippen molar-refractivity contribution in [2.75, 3.05) is 6.54 Å². The third-order valence-electron chi connectivity index (χ3n) is 4.59. The molecular formula is C23H29Cl3N4. The van der Waals surface area contributed by atoms with E-state index in [9.17, 15) is 0 Å². The Bertz CT molecular complexity index is 867. The molecule has 1 heterocycles. The van der Waals surface area contributed by atoms with Crippen LogP contribution in [0.4, 0.5) is 0 Å². The summed E-state index contributed by atoms with van der Waals surface area (Å²) in [5.74, 6) is 0.579. The molecule has 7 heteroatoms. The van der Waals surface area contributed by atoms with E-state index < -0.39 is 0 Å². The summed E-state index contributed by atoms with van der Waals surface area (Å²) in [6, 6.07) is 22.8. The first-order valence-electron chi connectivity index (χ1n) is 9.31. The summed E-state index contributed by atoms with van der Waals surface area (Å²) in [6.07, 6.45) is 4.60. The van der Waals surface area contributed by atoms with E-state index in [1.54, 1.807) is 6.20 Å². The minimum atomic E-state index is 0. The number of benzene rings is 2. The van der Waals surface area contributed by atoms with E-state index in [-0.39, 0.29) is 37.2 Å². The van der Waals surface area contributed by atoms with Crippen LogP contribution in [-0.4, -0.2) is 17.4 Å². The van der Waals surface area contributed by atoms with Crippen LogP contribution in [0, 0.1) is 0 Å². The molecule has 0 aliphatic carbocycles. The van der Waals surface area contributed by atoms with Gasteiger partial charge in [0.1, 0.15) is 5.84 Å². The highest BCUT2D eigenvalue weighted by molar-refractivity contribution is 5.97. The SMILES string of the molecule is Cl.Cl.Cl.NCc1ccc(CCc2ccc(C(N)=NCCc3ccccn3)cc2)cc1. The number of hydrogen-bond donors (Lipinski definition) is 2. The fourth-order valence-corrected chi connectivity index (χ4v) is 2.90. The highest BCUT2D eigenvalue weighted by atomic mass is 35.5. The number of nitrogens with two attached hydrogens (primary N) is 2. The largest absolute Gasteiger partial charge is 0.384 e. The van der Waals surface area contributed by atoms with Crippen molar-refractivity contribution in [2.24, 2.45) is 16.5 Å². The Hall–Kier alpha value is -2.11. The molecule has 0 unspecified atom stereocenters. The molecule has 0 atom stereocenters. The zero-order valence-electron chi connectivity index (χ0n) is 16.7. The summed E-state index contributed by atoms with van der Waals surface area (Å²) in [7, 11) is 0. The zero-order valence-corrected chi connectivity index (χ0v) is 19.2. The van der Waals surface area contributed by atoms with Crippen LogP contribution in [0.5, 0.6) is 0 Å². The molecule has 4 nitrogen and oxygen atoms in total. The molecule has 162 valence electrons. The molecule has 3 rings (SSSR count). The van der Waals surface area contributed by atoms with E-state index in [1.165, 1.54) is 16.7 Å². The molecule has 0 bridgehead atoms. The molecule has 0 aliphatic heterocycles. The minimum absolute atomic E-state index is 0. The summed E-state index contributed by atoms with van der Waals surface area (Å²) in [6.45, 7) is 1.23. The van der Waals surface area contributed by atoms with E-state index in [0.717, 1.165) is 30.5 Å². The second kappa shape index (κ2) is 14.8. The second-order valence-electron chi connectivity index (χ2n) is 6.56. The fourth-order valence-electron chi connectivity index (χ4n) is 2.90. The van der Waals surface area contributed by atoms with Crippen molar-refractivity contribution in [3.63, 3.8) is 0 Å². The van der Waals surface area contributed by atoms with Gasteiger partial charge in [0.2, 0.25) is 0 Å². The average Bonchev–Trinajstić information content (AvgIpc) is 2.73. The van der Waals surface area contributed by atoms with Gasteiger partial charge in [-0.05, 0) is 41.7 Å². The van der Waals surface area contributed by atoms with Crippen LogP contribution >= 0.6 is 37.2 Å². The van der Waals surface area contributed by atoms with Gasteiger partial charge in [-0.25, -0.2) is 0 Å². The zero-order chi connectivity index (χ0) is 18.9. The van der Waals surface area contributed by atoms with Crippen LogP contribution in [0.2, 0.25) is 0 Å². The number of amidine groups is 1. The lowest BCUT2D eigenvalue weighted by Gasteiger charge is -2.06. The summed E-state index contributed by atoms with van der Waals surface area (Å²) in [5.41, 5.74) is 17.5. The first-order valence-corrected chi connectivity index (χ1v) is 9.31. The van der Waals surface area contributed by atoms with Crippen LogP contribution in [0.15, 0.2) is 77.9 Å². The topological polar surface area (TPSA) is 77.3 Å². The van der Waals surface area contributed by atoms with Gasteiger partial charge in [0, 0.05) is 37.0 Å². The molecule has 0 spiro atoms. The average molecular weight is 468 g/mol. The van der Waals surface area contributed by atoms with Crippen LogP contribution in [-0.2, 0) is 25.8 Å². The molecule has 0 amide bonds. The van der Waals surface area contributed by atoms with Gasteiger partial charge in [0.25, 0.3) is 0 Å². The quantitative estimate of drug-likeness (QED) is 0.377. The van der Waals surface area contributed by atoms with Gasteiger partial charge in [0.15, 0.2) is 0 Å². The maximum atomic E-state index is 6.12. The Morgan fingerprint density at radius 2 is 1.30 bits per heavy atom. The normalized spacial score (nSPS) is 10.4. The van der Waals surface area contributed by atoms with Crippen molar-refractivity contribution in [3.8, 4) is 0 Å². The Labute approximate surface area is 197 Å². The predicted octanol–water partition coefficient (Wildman–Crippen LogP) is 4.54. The Kier molecular flexibility index (Phi) is 13.8. The van der Waals surface area contributed by atoms with E-state index >= 15 is 0 Å². The van der Waals surface area contributed by atoms with E-state index in [1.807, 2.05) is 30.3 Å². The molecule has 2 aromatic carbocycles. The van der Waals surface area contributed by atoms with Gasteiger partial charge >= 0.3 is 0 Å². The fraction of sp³-hybridized carbons (Fsp3) is 0.217.